The Labute approximate surface area is 130 Å². The summed E-state index contributed by atoms with van der Waals surface area (Å²) in [5.41, 5.74) is 5.20. The number of halogens is 3. The summed E-state index contributed by atoms with van der Waals surface area (Å²) in [7, 11) is 0. The highest BCUT2D eigenvalue weighted by Gasteiger charge is 2.28. The molecule has 2 N–H and O–H groups in total. The fourth-order valence-electron chi connectivity index (χ4n) is 1.37. The van der Waals surface area contributed by atoms with Crippen LogP contribution >= 0.6 is 24.0 Å². The Kier molecular flexibility index (Phi) is 6.46. The van der Waals surface area contributed by atoms with Crippen molar-refractivity contribution in [2.75, 3.05) is 6.61 Å². The Morgan fingerprint density at radius 3 is 2.35 bits per heavy atom. The molecule has 0 aromatic heterocycles. The molecule has 1 unspecified atom stereocenters. The topological polar surface area (TPSA) is 52.3 Å². The number of carbonyl (C=O) groups excluding carboxylic acids is 1. The average Bonchev–Trinajstić information content (AvgIpc) is 2.28. The second-order valence-electron chi connectivity index (χ2n) is 5.87. The van der Waals surface area contributed by atoms with Gasteiger partial charge in [-0.25, -0.2) is 4.39 Å². The van der Waals surface area contributed by atoms with Crippen molar-refractivity contribution in [3.63, 3.8) is 0 Å². The molecule has 1 rings (SSSR count). The van der Waals surface area contributed by atoms with Gasteiger partial charge in [-0.05, 0) is 45.4 Å². The van der Waals surface area contributed by atoms with Crippen LogP contribution in [0.5, 0.6) is 0 Å². The van der Waals surface area contributed by atoms with Gasteiger partial charge in [0.25, 0.3) is 0 Å². The Hall–Kier alpha value is -0.840. The summed E-state index contributed by atoms with van der Waals surface area (Å²) in [6, 6.07) is 4.22. The van der Waals surface area contributed by atoms with Gasteiger partial charge in [0, 0.05) is 0 Å². The fraction of sp³-hybridized carbons (Fsp3) is 0.500. The number of hydrogen-bond donors (Lipinski definition) is 1. The number of ether oxygens (including phenoxy) is 1. The zero-order chi connectivity index (χ0) is 14.8. The zero-order valence-electron chi connectivity index (χ0n) is 12.0. The number of rotatable bonds is 3. The third-order valence-electron chi connectivity index (χ3n) is 2.69. The first-order valence-corrected chi connectivity index (χ1v) is 6.33. The number of esters is 1. The highest BCUT2D eigenvalue weighted by Crippen LogP contribution is 2.25. The lowest BCUT2D eigenvalue weighted by Crippen LogP contribution is -2.40. The van der Waals surface area contributed by atoms with Crippen molar-refractivity contribution in [3.05, 3.63) is 34.6 Å². The van der Waals surface area contributed by atoms with E-state index in [-0.39, 0.29) is 30.0 Å². The molecular formula is C14H20Cl2FNO2. The molecule has 0 spiro atoms. The smallest absolute Gasteiger partial charge is 0.311 e. The van der Waals surface area contributed by atoms with Crippen LogP contribution in [0, 0.1) is 11.2 Å². The van der Waals surface area contributed by atoms with Crippen molar-refractivity contribution in [2.45, 2.75) is 33.2 Å². The SMILES string of the molecule is CC(C)(C)C(=O)OCC(C)(N)c1ccc(F)c(Cl)c1.Cl. The molecule has 1 aromatic carbocycles. The van der Waals surface area contributed by atoms with Gasteiger partial charge in [0.1, 0.15) is 12.4 Å². The van der Waals surface area contributed by atoms with E-state index < -0.39 is 16.8 Å². The van der Waals surface area contributed by atoms with E-state index >= 15 is 0 Å². The zero-order valence-corrected chi connectivity index (χ0v) is 13.6. The highest BCUT2D eigenvalue weighted by atomic mass is 35.5. The quantitative estimate of drug-likeness (QED) is 0.863. The highest BCUT2D eigenvalue weighted by molar-refractivity contribution is 6.30. The van der Waals surface area contributed by atoms with E-state index in [2.05, 4.69) is 0 Å². The monoisotopic (exact) mass is 323 g/mol. The molecule has 3 nitrogen and oxygen atoms in total. The maximum atomic E-state index is 13.1. The molecule has 0 heterocycles. The van der Waals surface area contributed by atoms with Gasteiger partial charge in [0.15, 0.2) is 0 Å². The third kappa shape index (κ3) is 4.93. The molecule has 0 radical (unpaired) electrons. The summed E-state index contributed by atoms with van der Waals surface area (Å²) in [6.45, 7) is 6.99. The number of nitrogens with two attached hydrogens (primary N) is 1. The van der Waals surface area contributed by atoms with Crippen LogP contribution < -0.4 is 5.73 Å². The predicted octanol–water partition coefficient (Wildman–Crippen LogP) is 3.66. The van der Waals surface area contributed by atoms with E-state index in [4.69, 9.17) is 22.1 Å². The second-order valence-corrected chi connectivity index (χ2v) is 6.28. The summed E-state index contributed by atoms with van der Waals surface area (Å²) in [4.78, 5) is 11.7. The van der Waals surface area contributed by atoms with Gasteiger partial charge in [-0.1, -0.05) is 17.7 Å². The van der Waals surface area contributed by atoms with E-state index in [1.54, 1.807) is 27.7 Å². The maximum absolute atomic E-state index is 13.1. The fourth-order valence-corrected chi connectivity index (χ4v) is 1.55. The molecular weight excluding hydrogens is 304 g/mol. The van der Waals surface area contributed by atoms with Crippen molar-refractivity contribution < 1.29 is 13.9 Å². The maximum Gasteiger partial charge on any atom is 0.311 e. The molecule has 1 atom stereocenters. The van der Waals surface area contributed by atoms with Crippen molar-refractivity contribution in [1.29, 1.82) is 0 Å². The summed E-state index contributed by atoms with van der Waals surface area (Å²) in [6.07, 6.45) is 0. The van der Waals surface area contributed by atoms with Gasteiger partial charge in [-0.15, -0.1) is 12.4 Å². The minimum Gasteiger partial charge on any atom is -0.463 e. The minimum atomic E-state index is -0.918. The lowest BCUT2D eigenvalue weighted by molar-refractivity contribution is -0.154. The van der Waals surface area contributed by atoms with E-state index in [1.165, 1.54) is 18.2 Å². The van der Waals surface area contributed by atoms with Crippen LogP contribution in [0.2, 0.25) is 5.02 Å². The molecule has 0 aliphatic heterocycles. The molecule has 1 aromatic rings. The van der Waals surface area contributed by atoms with Crippen LogP contribution in [0.25, 0.3) is 0 Å². The van der Waals surface area contributed by atoms with Crippen molar-refractivity contribution in [1.82, 2.24) is 0 Å². The molecule has 6 heteroatoms. The Balaban J connectivity index is 0.00000361. The Morgan fingerprint density at radius 2 is 1.90 bits per heavy atom. The van der Waals surface area contributed by atoms with Crippen LogP contribution in [0.4, 0.5) is 4.39 Å². The first-order valence-electron chi connectivity index (χ1n) is 5.96. The van der Waals surface area contributed by atoms with E-state index in [9.17, 15) is 9.18 Å². The summed E-state index contributed by atoms with van der Waals surface area (Å²) < 4.78 is 18.3. The lowest BCUT2D eigenvalue weighted by atomic mass is 9.93. The predicted molar refractivity (Wildman–Crippen MR) is 80.6 cm³/mol. The van der Waals surface area contributed by atoms with Crippen LogP contribution in [0.15, 0.2) is 18.2 Å². The van der Waals surface area contributed by atoms with Crippen molar-refractivity contribution >= 4 is 30.0 Å². The molecule has 20 heavy (non-hydrogen) atoms. The normalized spacial score (nSPS) is 14.2. The standard InChI is InChI=1S/C14H19ClFNO2.ClH/c1-13(2,3)12(18)19-8-14(4,17)9-5-6-11(16)10(15)7-9;/h5-7H,8,17H2,1-4H3;1H. The average molecular weight is 324 g/mol. The molecule has 0 saturated carbocycles. The van der Waals surface area contributed by atoms with Crippen molar-refractivity contribution in [3.8, 4) is 0 Å². The Bertz CT molecular complexity index is 485. The Morgan fingerprint density at radius 1 is 1.35 bits per heavy atom. The van der Waals surface area contributed by atoms with E-state index in [0.717, 1.165) is 0 Å². The van der Waals surface area contributed by atoms with E-state index in [0.29, 0.717) is 5.56 Å². The van der Waals surface area contributed by atoms with Crippen LogP contribution in [0.3, 0.4) is 0 Å². The molecule has 114 valence electrons. The van der Waals surface area contributed by atoms with Gasteiger partial charge < -0.3 is 10.5 Å². The van der Waals surface area contributed by atoms with Gasteiger partial charge in [-0.2, -0.15) is 0 Å². The summed E-state index contributed by atoms with van der Waals surface area (Å²) >= 11 is 5.72. The van der Waals surface area contributed by atoms with Gasteiger partial charge >= 0.3 is 5.97 Å². The first-order chi connectivity index (χ1) is 8.54. The lowest BCUT2D eigenvalue weighted by Gasteiger charge is -2.27. The van der Waals surface area contributed by atoms with Gasteiger partial charge in [0.05, 0.1) is 16.0 Å². The van der Waals surface area contributed by atoms with Crippen molar-refractivity contribution in [2.24, 2.45) is 11.1 Å². The van der Waals surface area contributed by atoms with Crippen LogP contribution in [0.1, 0.15) is 33.3 Å². The second kappa shape index (κ2) is 6.74. The molecule has 0 amide bonds. The number of benzene rings is 1. The largest absolute Gasteiger partial charge is 0.463 e. The number of carbonyl (C=O) groups is 1. The van der Waals surface area contributed by atoms with Gasteiger partial charge in [0.2, 0.25) is 0 Å². The first kappa shape index (κ1) is 19.2. The third-order valence-corrected chi connectivity index (χ3v) is 2.98. The van der Waals surface area contributed by atoms with Gasteiger partial charge in [-0.3, -0.25) is 4.79 Å². The molecule has 0 aliphatic carbocycles. The molecule has 0 saturated heterocycles. The summed E-state index contributed by atoms with van der Waals surface area (Å²) in [5.74, 6) is -0.842. The number of hydrogen-bond acceptors (Lipinski definition) is 3. The van der Waals surface area contributed by atoms with Crippen LogP contribution in [-0.4, -0.2) is 12.6 Å². The summed E-state index contributed by atoms with van der Waals surface area (Å²) in [5, 5.41) is -0.00340. The molecule has 0 bridgehead atoms. The molecule has 0 fully saturated rings. The van der Waals surface area contributed by atoms with E-state index in [1.807, 2.05) is 0 Å². The van der Waals surface area contributed by atoms with Crippen LogP contribution in [-0.2, 0) is 15.1 Å². The minimum absolute atomic E-state index is 0. The molecule has 0 aliphatic rings.